The van der Waals surface area contributed by atoms with Gasteiger partial charge in [0.1, 0.15) is 5.56 Å². The van der Waals surface area contributed by atoms with Crippen LogP contribution in [0.4, 0.5) is 26.3 Å². The molecule has 0 fully saturated rings. The number of aromatic carboxylic acids is 2. The monoisotopic (exact) mass is 444 g/mol. The second-order valence-corrected chi connectivity index (χ2v) is 6.22. The number of nitrogens with zero attached hydrogens (tertiary/aromatic N) is 2. The molecule has 2 aromatic carbocycles. The Bertz CT molecular complexity index is 1130. The molecule has 3 aromatic rings. The van der Waals surface area contributed by atoms with Crippen molar-refractivity contribution in [2.24, 2.45) is 0 Å². The summed E-state index contributed by atoms with van der Waals surface area (Å²) in [5, 5.41) is 22.3. The quantitative estimate of drug-likeness (QED) is 0.555. The predicted molar refractivity (Wildman–Crippen MR) is 92.9 cm³/mol. The maximum atomic E-state index is 13.2. The molecule has 31 heavy (non-hydrogen) atoms. The topological polar surface area (TPSA) is 92.4 Å². The summed E-state index contributed by atoms with van der Waals surface area (Å²) in [6.45, 7) is 0. The number of carbonyl (C=O) groups is 2. The largest absolute Gasteiger partial charge is 0.478 e. The Kier molecular flexibility index (Phi) is 5.26. The third-order valence-corrected chi connectivity index (χ3v) is 4.17. The van der Waals surface area contributed by atoms with Gasteiger partial charge in [-0.15, -0.1) is 0 Å². The molecule has 0 bridgehead atoms. The molecule has 6 nitrogen and oxygen atoms in total. The smallest absolute Gasteiger partial charge is 0.416 e. The van der Waals surface area contributed by atoms with Crippen LogP contribution in [0.2, 0.25) is 0 Å². The van der Waals surface area contributed by atoms with Crippen LogP contribution in [0.1, 0.15) is 32.0 Å². The summed E-state index contributed by atoms with van der Waals surface area (Å²) in [5.41, 5.74) is -6.54. The summed E-state index contributed by atoms with van der Waals surface area (Å²) in [5.74, 6) is -3.60. The van der Waals surface area contributed by atoms with Crippen molar-refractivity contribution in [1.82, 2.24) is 9.78 Å². The average Bonchev–Trinajstić information content (AvgIpc) is 3.08. The summed E-state index contributed by atoms with van der Waals surface area (Å²) >= 11 is 0. The van der Waals surface area contributed by atoms with Crippen LogP contribution < -0.4 is 0 Å². The van der Waals surface area contributed by atoms with E-state index in [9.17, 15) is 46.1 Å². The minimum Gasteiger partial charge on any atom is -0.478 e. The zero-order valence-corrected chi connectivity index (χ0v) is 15.0. The van der Waals surface area contributed by atoms with Crippen molar-refractivity contribution in [3.05, 3.63) is 70.9 Å². The van der Waals surface area contributed by atoms with Gasteiger partial charge in [-0.2, -0.15) is 31.4 Å². The van der Waals surface area contributed by atoms with Gasteiger partial charge < -0.3 is 10.2 Å². The van der Waals surface area contributed by atoms with E-state index < -0.39 is 58.1 Å². The van der Waals surface area contributed by atoms with E-state index in [1.54, 1.807) is 0 Å². The molecule has 1 aromatic heterocycles. The van der Waals surface area contributed by atoms with Crippen molar-refractivity contribution in [2.45, 2.75) is 12.4 Å². The number of hydrogen-bond acceptors (Lipinski definition) is 3. The molecule has 0 saturated carbocycles. The maximum Gasteiger partial charge on any atom is 0.416 e. The zero-order chi connectivity index (χ0) is 23.1. The molecule has 1 heterocycles. The number of alkyl halides is 6. The van der Waals surface area contributed by atoms with Crippen LogP contribution in [0, 0.1) is 0 Å². The van der Waals surface area contributed by atoms with Gasteiger partial charge in [0, 0.05) is 5.56 Å². The Balaban J connectivity index is 2.44. The highest BCUT2D eigenvalue weighted by Crippen LogP contribution is 2.38. The van der Waals surface area contributed by atoms with Gasteiger partial charge in [0.2, 0.25) is 0 Å². The Morgan fingerprint density at radius 1 is 0.806 bits per heavy atom. The van der Waals surface area contributed by atoms with E-state index in [1.165, 1.54) is 30.3 Å². The molecular formula is C19H10F6N2O4. The van der Waals surface area contributed by atoms with E-state index in [4.69, 9.17) is 0 Å². The van der Waals surface area contributed by atoms with E-state index >= 15 is 0 Å². The Hall–Kier alpha value is -3.83. The Labute approximate surface area is 169 Å². The highest BCUT2D eigenvalue weighted by Gasteiger charge is 2.38. The molecule has 0 radical (unpaired) electrons. The van der Waals surface area contributed by atoms with Crippen molar-refractivity contribution in [3.63, 3.8) is 0 Å². The number of aromatic nitrogens is 2. The SMILES string of the molecule is O=C(O)c1nn(-c2cc(C(F)(F)F)cc(C(F)(F)F)c2)c(-c2ccccc2)c1C(=O)O. The number of rotatable bonds is 4. The number of carboxylic acids is 2. The van der Waals surface area contributed by atoms with Gasteiger partial charge in [-0.1, -0.05) is 30.3 Å². The summed E-state index contributed by atoms with van der Waals surface area (Å²) < 4.78 is 79.8. The lowest BCUT2D eigenvalue weighted by molar-refractivity contribution is -0.143. The van der Waals surface area contributed by atoms with Crippen molar-refractivity contribution < 1.29 is 46.1 Å². The van der Waals surface area contributed by atoms with E-state index in [-0.39, 0.29) is 11.6 Å². The lowest BCUT2D eigenvalue weighted by Crippen LogP contribution is -2.13. The molecule has 0 amide bonds. The molecule has 0 spiro atoms. The van der Waals surface area contributed by atoms with Crippen LogP contribution in [0.5, 0.6) is 0 Å². The Morgan fingerprint density at radius 3 is 1.74 bits per heavy atom. The fourth-order valence-electron chi connectivity index (χ4n) is 2.88. The van der Waals surface area contributed by atoms with Crippen LogP contribution in [0.15, 0.2) is 48.5 Å². The molecule has 12 heteroatoms. The molecule has 0 atom stereocenters. The first kappa shape index (κ1) is 21.9. The van der Waals surface area contributed by atoms with Crippen LogP contribution in [0.25, 0.3) is 16.9 Å². The molecule has 0 unspecified atom stereocenters. The summed E-state index contributed by atoms with van der Waals surface area (Å²) in [4.78, 5) is 23.2. The van der Waals surface area contributed by atoms with Crippen LogP contribution in [-0.2, 0) is 12.4 Å². The third-order valence-electron chi connectivity index (χ3n) is 4.17. The molecule has 0 aliphatic rings. The van der Waals surface area contributed by atoms with Crippen molar-refractivity contribution >= 4 is 11.9 Å². The standard InChI is InChI=1S/C19H10F6N2O4/c20-18(21,22)10-6-11(19(23,24)25)8-12(7-10)27-15(9-4-2-1-3-5-9)13(16(28)29)14(26-27)17(30)31/h1-8H,(H,28,29)(H,30,31). The second-order valence-electron chi connectivity index (χ2n) is 6.22. The maximum absolute atomic E-state index is 13.2. The lowest BCUT2D eigenvalue weighted by Gasteiger charge is -2.16. The van der Waals surface area contributed by atoms with E-state index in [0.29, 0.717) is 16.8 Å². The van der Waals surface area contributed by atoms with E-state index in [0.717, 1.165) is 0 Å². The Morgan fingerprint density at radius 2 is 1.32 bits per heavy atom. The predicted octanol–water partition coefficient (Wildman–Crippen LogP) is 4.97. The van der Waals surface area contributed by atoms with Crippen LogP contribution in [-0.4, -0.2) is 31.9 Å². The number of hydrogen-bond donors (Lipinski definition) is 2. The number of carboxylic acid groups (broad SMARTS) is 2. The van der Waals surface area contributed by atoms with Crippen LogP contribution >= 0.6 is 0 Å². The van der Waals surface area contributed by atoms with Gasteiger partial charge in [-0.05, 0) is 18.2 Å². The van der Waals surface area contributed by atoms with Crippen LogP contribution in [0.3, 0.4) is 0 Å². The minimum absolute atomic E-state index is 0.0193. The van der Waals surface area contributed by atoms with E-state index in [2.05, 4.69) is 5.10 Å². The first-order valence-electron chi connectivity index (χ1n) is 8.25. The molecule has 3 rings (SSSR count). The highest BCUT2D eigenvalue weighted by atomic mass is 19.4. The average molecular weight is 444 g/mol. The minimum atomic E-state index is -5.17. The first-order valence-corrected chi connectivity index (χ1v) is 8.25. The number of benzene rings is 2. The third kappa shape index (κ3) is 4.22. The highest BCUT2D eigenvalue weighted by molar-refractivity contribution is 6.05. The molecule has 2 N–H and O–H groups in total. The van der Waals surface area contributed by atoms with E-state index in [1.807, 2.05) is 0 Å². The molecule has 0 saturated heterocycles. The summed E-state index contributed by atoms with van der Waals surface area (Å²) in [6, 6.07) is 7.53. The van der Waals surface area contributed by atoms with Gasteiger partial charge in [-0.25, -0.2) is 14.3 Å². The fraction of sp³-hybridized carbons (Fsp3) is 0.105. The van der Waals surface area contributed by atoms with Gasteiger partial charge in [0.15, 0.2) is 5.69 Å². The zero-order valence-electron chi connectivity index (χ0n) is 15.0. The fourth-order valence-corrected chi connectivity index (χ4v) is 2.88. The van der Waals surface area contributed by atoms with Gasteiger partial charge >= 0.3 is 24.3 Å². The van der Waals surface area contributed by atoms with Gasteiger partial charge in [-0.3, -0.25) is 0 Å². The molecule has 0 aliphatic carbocycles. The molecule has 0 aliphatic heterocycles. The normalized spacial score (nSPS) is 12.1. The van der Waals surface area contributed by atoms with Crippen molar-refractivity contribution in [3.8, 4) is 16.9 Å². The lowest BCUT2D eigenvalue weighted by atomic mass is 10.0. The second kappa shape index (κ2) is 7.45. The van der Waals surface area contributed by atoms with Crippen molar-refractivity contribution in [1.29, 1.82) is 0 Å². The molecule has 162 valence electrons. The number of halogens is 6. The molecular weight excluding hydrogens is 434 g/mol. The van der Waals surface area contributed by atoms with Gasteiger partial charge in [0.25, 0.3) is 0 Å². The summed E-state index contributed by atoms with van der Waals surface area (Å²) in [7, 11) is 0. The van der Waals surface area contributed by atoms with Crippen molar-refractivity contribution in [2.75, 3.05) is 0 Å². The first-order chi connectivity index (χ1) is 14.3. The van der Waals surface area contributed by atoms with Gasteiger partial charge in [0.05, 0.1) is 22.5 Å². The summed E-state index contributed by atoms with van der Waals surface area (Å²) in [6.07, 6.45) is -10.3.